The third-order valence-electron chi connectivity index (χ3n) is 5.43. The number of piperidine rings is 1. The summed E-state index contributed by atoms with van der Waals surface area (Å²) in [5.41, 5.74) is 1.66. The van der Waals surface area contributed by atoms with E-state index in [2.05, 4.69) is 4.98 Å². The molecule has 134 valence electrons. The van der Waals surface area contributed by atoms with Crippen molar-refractivity contribution in [2.24, 2.45) is 5.92 Å². The van der Waals surface area contributed by atoms with Gasteiger partial charge in [-0.2, -0.15) is 0 Å². The molecule has 5 heteroatoms. The molecule has 0 radical (unpaired) electrons. The summed E-state index contributed by atoms with van der Waals surface area (Å²) in [4.78, 5) is 33.7. The van der Waals surface area contributed by atoms with Gasteiger partial charge in [-0.25, -0.2) is 0 Å². The van der Waals surface area contributed by atoms with Crippen LogP contribution in [0.4, 0.5) is 0 Å². The zero-order valence-electron chi connectivity index (χ0n) is 14.8. The Morgan fingerprint density at radius 1 is 1.00 bits per heavy atom. The number of amides is 2. The van der Waals surface area contributed by atoms with Crippen LogP contribution in [0.1, 0.15) is 28.8 Å². The lowest BCUT2D eigenvalue weighted by Gasteiger charge is -2.36. The second-order valence-electron chi connectivity index (χ2n) is 7.26. The highest BCUT2D eigenvalue weighted by Crippen LogP contribution is 2.29. The van der Waals surface area contributed by atoms with E-state index < -0.39 is 0 Å². The van der Waals surface area contributed by atoms with Gasteiger partial charge in [0.2, 0.25) is 5.91 Å². The van der Waals surface area contributed by atoms with Gasteiger partial charge in [-0.15, -0.1) is 0 Å². The average Bonchev–Trinajstić information content (AvgIpc) is 3.01. The zero-order valence-corrected chi connectivity index (χ0v) is 14.8. The maximum Gasteiger partial charge on any atom is 0.255 e. The molecule has 3 aliphatic heterocycles. The van der Waals surface area contributed by atoms with Crippen LogP contribution >= 0.6 is 0 Å². The second-order valence-corrected chi connectivity index (χ2v) is 7.26. The molecule has 0 unspecified atom stereocenters. The Morgan fingerprint density at radius 3 is 2.62 bits per heavy atom. The van der Waals surface area contributed by atoms with Crippen molar-refractivity contribution in [2.45, 2.75) is 25.3 Å². The lowest BCUT2D eigenvalue weighted by Crippen LogP contribution is -2.48. The predicted molar refractivity (Wildman–Crippen MR) is 98.5 cm³/mol. The zero-order chi connectivity index (χ0) is 17.9. The number of carbonyl (C=O) groups excluding carboxylic acids is 2. The summed E-state index contributed by atoms with van der Waals surface area (Å²) in [5, 5.41) is 0. The van der Waals surface area contributed by atoms with Crippen molar-refractivity contribution in [3.05, 3.63) is 66.0 Å². The van der Waals surface area contributed by atoms with Gasteiger partial charge in [-0.1, -0.05) is 30.3 Å². The molecule has 1 aromatic heterocycles. The first kappa shape index (κ1) is 16.8. The van der Waals surface area contributed by atoms with Crippen LogP contribution in [0.15, 0.2) is 54.9 Å². The standard InChI is InChI=1S/C21H23N3O2/c25-20(11-16-5-2-1-3-6-16)24-14-17-8-9-19(24)15-23(13-17)21(26)18-7-4-10-22-12-18/h1-7,10,12,17,19H,8-9,11,13-15H2/t17-,19+/m0/s1. The molecule has 4 heterocycles. The molecule has 26 heavy (non-hydrogen) atoms. The van der Waals surface area contributed by atoms with E-state index in [0.717, 1.165) is 31.5 Å². The lowest BCUT2D eigenvalue weighted by atomic mass is 9.94. The normalized spacial score (nSPS) is 22.2. The van der Waals surface area contributed by atoms with E-state index in [-0.39, 0.29) is 17.9 Å². The number of fused-ring (bicyclic) bond motifs is 4. The first-order valence-corrected chi connectivity index (χ1v) is 9.23. The largest absolute Gasteiger partial charge is 0.337 e. The van der Waals surface area contributed by atoms with E-state index in [0.29, 0.717) is 24.4 Å². The van der Waals surface area contributed by atoms with Gasteiger partial charge in [0, 0.05) is 38.1 Å². The molecule has 0 saturated carbocycles. The summed E-state index contributed by atoms with van der Waals surface area (Å²) >= 11 is 0. The van der Waals surface area contributed by atoms with Gasteiger partial charge in [0.05, 0.1) is 12.0 Å². The quantitative estimate of drug-likeness (QED) is 0.855. The van der Waals surface area contributed by atoms with Crippen LogP contribution in [0.2, 0.25) is 0 Å². The third kappa shape index (κ3) is 3.47. The summed E-state index contributed by atoms with van der Waals surface area (Å²) < 4.78 is 0. The van der Waals surface area contributed by atoms with Crippen molar-refractivity contribution in [1.82, 2.24) is 14.8 Å². The molecule has 0 aliphatic carbocycles. The van der Waals surface area contributed by atoms with Crippen molar-refractivity contribution in [2.75, 3.05) is 19.6 Å². The first-order valence-electron chi connectivity index (χ1n) is 9.23. The number of hydrogen-bond acceptors (Lipinski definition) is 3. The molecule has 0 N–H and O–H groups in total. The number of aromatic nitrogens is 1. The van der Waals surface area contributed by atoms with Gasteiger partial charge in [-0.05, 0) is 36.5 Å². The van der Waals surface area contributed by atoms with Crippen LogP contribution in [-0.4, -0.2) is 52.3 Å². The van der Waals surface area contributed by atoms with Crippen LogP contribution in [0, 0.1) is 5.92 Å². The topological polar surface area (TPSA) is 53.5 Å². The average molecular weight is 349 g/mol. The fourth-order valence-electron chi connectivity index (χ4n) is 4.10. The number of rotatable bonds is 3. The molecule has 2 atom stereocenters. The van der Waals surface area contributed by atoms with Crippen LogP contribution in [0.5, 0.6) is 0 Å². The van der Waals surface area contributed by atoms with E-state index in [4.69, 9.17) is 0 Å². The number of hydrogen-bond donors (Lipinski definition) is 0. The molecule has 2 amide bonds. The smallest absolute Gasteiger partial charge is 0.255 e. The summed E-state index contributed by atoms with van der Waals surface area (Å²) in [6, 6.07) is 13.6. The van der Waals surface area contributed by atoms with Gasteiger partial charge in [0.15, 0.2) is 0 Å². The van der Waals surface area contributed by atoms with Crippen LogP contribution in [0.25, 0.3) is 0 Å². The second kappa shape index (κ2) is 7.28. The maximum atomic E-state index is 12.9. The Bertz CT molecular complexity index is 778. The first-order chi connectivity index (χ1) is 12.7. The van der Waals surface area contributed by atoms with E-state index in [1.54, 1.807) is 24.5 Å². The number of carbonyl (C=O) groups is 2. The van der Waals surface area contributed by atoms with Crippen molar-refractivity contribution in [3.63, 3.8) is 0 Å². The Labute approximate surface area is 153 Å². The fourth-order valence-corrected chi connectivity index (χ4v) is 4.10. The number of nitrogens with zero attached hydrogens (tertiary/aromatic N) is 3. The molecule has 5 rings (SSSR count). The summed E-state index contributed by atoms with van der Waals surface area (Å²) in [6.45, 7) is 2.09. The maximum absolute atomic E-state index is 12.9. The molecule has 3 saturated heterocycles. The van der Waals surface area contributed by atoms with E-state index in [1.165, 1.54) is 0 Å². The minimum Gasteiger partial charge on any atom is -0.337 e. The Morgan fingerprint density at radius 2 is 1.85 bits per heavy atom. The minimum atomic E-state index is 0.0207. The Hall–Kier alpha value is -2.69. The minimum absolute atomic E-state index is 0.0207. The molecular formula is C21H23N3O2. The van der Waals surface area contributed by atoms with E-state index in [9.17, 15) is 9.59 Å². The SMILES string of the molecule is O=C(c1cccnc1)N1C[C@@H]2CC[C@H](C1)N(C(=O)Cc1ccccc1)C2. The monoisotopic (exact) mass is 349 g/mol. The number of pyridine rings is 1. The molecule has 1 aromatic carbocycles. The van der Waals surface area contributed by atoms with Gasteiger partial charge < -0.3 is 9.80 Å². The Balaban J connectivity index is 1.48. The highest BCUT2D eigenvalue weighted by molar-refractivity contribution is 5.94. The Kier molecular flexibility index (Phi) is 4.69. The highest BCUT2D eigenvalue weighted by atomic mass is 16.2. The van der Waals surface area contributed by atoms with Crippen LogP contribution in [-0.2, 0) is 11.2 Å². The predicted octanol–water partition coefficient (Wildman–Crippen LogP) is 2.39. The van der Waals surface area contributed by atoms with Gasteiger partial charge in [0.1, 0.15) is 0 Å². The fraction of sp³-hybridized carbons (Fsp3) is 0.381. The molecule has 3 aliphatic rings. The van der Waals surface area contributed by atoms with Crippen molar-refractivity contribution < 1.29 is 9.59 Å². The molecule has 2 bridgehead atoms. The van der Waals surface area contributed by atoms with E-state index in [1.807, 2.05) is 40.1 Å². The van der Waals surface area contributed by atoms with Crippen molar-refractivity contribution in [1.29, 1.82) is 0 Å². The molecule has 2 aromatic rings. The number of benzene rings is 1. The summed E-state index contributed by atoms with van der Waals surface area (Å²) in [7, 11) is 0. The van der Waals surface area contributed by atoms with Crippen LogP contribution < -0.4 is 0 Å². The molecule has 3 fully saturated rings. The van der Waals surface area contributed by atoms with Gasteiger partial charge in [0.25, 0.3) is 5.91 Å². The van der Waals surface area contributed by atoms with Crippen molar-refractivity contribution >= 4 is 11.8 Å². The molecule has 5 nitrogen and oxygen atoms in total. The summed E-state index contributed by atoms with van der Waals surface area (Å²) in [6.07, 6.45) is 5.78. The van der Waals surface area contributed by atoms with Gasteiger partial charge >= 0.3 is 0 Å². The van der Waals surface area contributed by atoms with Crippen molar-refractivity contribution in [3.8, 4) is 0 Å². The summed E-state index contributed by atoms with van der Waals surface area (Å²) in [5.74, 6) is 0.544. The highest BCUT2D eigenvalue weighted by Gasteiger charge is 2.38. The van der Waals surface area contributed by atoms with Gasteiger partial charge in [-0.3, -0.25) is 14.6 Å². The lowest BCUT2D eigenvalue weighted by molar-refractivity contribution is -0.134. The van der Waals surface area contributed by atoms with E-state index >= 15 is 0 Å². The van der Waals surface area contributed by atoms with Crippen LogP contribution in [0.3, 0.4) is 0 Å². The molecule has 0 spiro atoms. The third-order valence-corrected chi connectivity index (χ3v) is 5.43. The molecular weight excluding hydrogens is 326 g/mol.